The number of nitrogens with zero attached hydrogens (tertiary/aromatic N) is 3. The molecule has 0 saturated carbocycles. The number of rotatable bonds is 9. The first-order chi connectivity index (χ1) is 14.5. The van der Waals surface area contributed by atoms with Crippen molar-refractivity contribution in [2.75, 3.05) is 13.2 Å². The van der Waals surface area contributed by atoms with Gasteiger partial charge in [-0.2, -0.15) is 4.98 Å². The van der Waals surface area contributed by atoms with E-state index in [9.17, 15) is 9.59 Å². The van der Waals surface area contributed by atoms with Crippen LogP contribution in [0.5, 0.6) is 5.75 Å². The maximum atomic E-state index is 12.4. The van der Waals surface area contributed by atoms with Gasteiger partial charge in [0.15, 0.2) is 13.2 Å². The first-order valence-electron chi connectivity index (χ1n) is 9.56. The van der Waals surface area contributed by atoms with Gasteiger partial charge < -0.3 is 18.9 Å². The monoisotopic (exact) mass is 409 g/mol. The van der Waals surface area contributed by atoms with Crippen LogP contribution in [0.1, 0.15) is 34.6 Å². The predicted octanol–water partition coefficient (Wildman–Crippen LogP) is 3.16. The molecule has 0 bridgehead atoms. The van der Waals surface area contributed by atoms with Gasteiger partial charge in [-0.05, 0) is 36.8 Å². The molecular formula is C22H23N3O5. The Balaban J connectivity index is 1.48. The van der Waals surface area contributed by atoms with Crippen LogP contribution in [0, 0.1) is 6.92 Å². The Morgan fingerprint density at radius 3 is 2.43 bits per heavy atom. The van der Waals surface area contributed by atoms with Crippen molar-refractivity contribution in [3.8, 4) is 5.75 Å². The summed E-state index contributed by atoms with van der Waals surface area (Å²) in [6.07, 6.45) is 0. The maximum Gasteiger partial charge on any atom is 0.338 e. The number of esters is 1. The van der Waals surface area contributed by atoms with Crippen LogP contribution in [0.4, 0.5) is 0 Å². The van der Waals surface area contributed by atoms with Gasteiger partial charge in [0.25, 0.3) is 5.91 Å². The zero-order chi connectivity index (χ0) is 21.3. The van der Waals surface area contributed by atoms with E-state index >= 15 is 0 Å². The third kappa shape index (κ3) is 5.91. The molecule has 0 N–H and O–H groups in total. The zero-order valence-electron chi connectivity index (χ0n) is 16.9. The number of aromatic nitrogens is 2. The average molecular weight is 409 g/mol. The molecule has 1 heterocycles. The van der Waals surface area contributed by atoms with Gasteiger partial charge in [-0.15, -0.1) is 0 Å². The van der Waals surface area contributed by atoms with Crippen molar-refractivity contribution in [2.45, 2.75) is 27.0 Å². The topological polar surface area (TPSA) is 94.8 Å². The van der Waals surface area contributed by atoms with Gasteiger partial charge >= 0.3 is 5.97 Å². The molecule has 3 aromatic rings. The van der Waals surface area contributed by atoms with E-state index in [1.54, 1.807) is 36.1 Å². The molecule has 1 aromatic heterocycles. The summed E-state index contributed by atoms with van der Waals surface area (Å²) in [5, 5.41) is 3.74. The number of hydrogen-bond acceptors (Lipinski definition) is 7. The van der Waals surface area contributed by atoms with Gasteiger partial charge in [-0.3, -0.25) is 4.79 Å². The summed E-state index contributed by atoms with van der Waals surface area (Å²) in [6.45, 7) is 4.43. The van der Waals surface area contributed by atoms with Gasteiger partial charge in [0.2, 0.25) is 11.7 Å². The molecule has 0 radical (unpaired) electrons. The molecule has 0 fully saturated rings. The Kier molecular flexibility index (Phi) is 7.15. The van der Waals surface area contributed by atoms with Gasteiger partial charge in [-0.25, -0.2) is 4.79 Å². The fourth-order valence-corrected chi connectivity index (χ4v) is 2.72. The number of carbonyl (C=O) groups is 2. The van der Waals surface area contributed by atoms with Crippen LogP contribution in [0.2, 0.25) is 0 Å². The van der Waals surface area contributed by atoms with E-state index in [0.29, 0.717) is 36.1 Å². The van der Waals surface area contributed by atoms with Crippen LogP contribution in [0.25, 0.3) is 0 Å². The molecule has 8 heteroatoms. The summed E-state index contributed by atoms with van der Waals surface area (Å²) >= 11 is 0. The number of likely N-dealkylation sites (N-methyl/N-ethyl adjacent to an activating group) is 1. The SMILES string of the molecule is CCN(Cc1ccccc1)C(=O)COC(=O)c1ccc(OCc2noc(C)n2)cc1. The largest absolute Gasteiger partial charge is 0.485 e. The fraction of sp³-hybridized carbons (Fsp3) is 0.273. The van der Waals surface area contributed by atoms with Crippen LogP contribution in [0.3, 0.4) is 0 Å². The van der Waals surface area contributed by atoms with Crippen LogP contribution < -0.4 is 4.74 Å². The Hall–Kier alpha value is -3.68. The lowest BCUT2D eigenvalue weighted by Crippen LogP contribution is -2.34. The second-order valence-electron chi connectivity index (χ2n) is 6.51. The summed E-state index contributed by atoms with van der Waals surface area (Å²) < 4.78 is 15.6. The molecular weight excluding hydrogens is 386 g/mol. The van der Waals surface area contributed by atoms with E-state index in [1.165, 1.54) is 0 Å². The minimum Gasteiger partial charge on any atom is -0.485 e. The minimum atomic E-state index is -0.570. The zero-order valence-corrected chi connectivity index (χ0v) is 16.9. The molecule has 30 heavy (non-hydrogen) atoms. The van der Waals surface area contributed by atoms with Crippen molar-refractivity contribution in [1.29, 1.82) is 0 Å². The van der Waals surface area contributed by atoms with Gasteiger partial charge in [0, 0.05) is 20.0 Å². The Morgan fingerprint density at radius 2 is 1.80 bits per heavy atom. The van der Waals surface area contributed by atoms with E-state index < -0.39 is 5.97 Å². The molecule has 0 saturated heterocycles. The quantitative estimate of drug-likeness (QED) is 0.501. The van der Waals surface area contributed by atoms with Crippen molar-refractivity contribution < 1.29 is 23.6 Å². The first-order valence-corrected chi connectivity index (χ1v) is 9.56. The highest BCUT2D eigenvalue weighted by molar-refractivity contribution is 5.91. The van der Waals surface area contributed by atoms with E-state index in [0.717, 1.165) is 5.56 Å². The normalized spacial score (nSPS) is 10.5. The summed E-state index contributed by atoms with van der Waals surface area (Å²) in [5.74, 6) is 0.631. The lowest BCUT2D eigenvalue weighted by molar-refractivity contribution is -0.134. The molecule has 1 amide bonds. The lowest BCUT2D eigenvalue weighted by Gasteiger charge is -2.20. The number of benzene rings is 2. The second kappa shape index (κ2) is 10.2. The minimum absolute atomic E-state index is 0.157. The number of amides is 1. The van der Waals surface area contributed by atoms with Crippen molar-refractivity contribution in [1.82, 2.24) is 15.0 Å². The van der Waals surface area contributed by atoms with E-state index in [1.807, 2.05) is 37.3 Å². The van der Waals surface area contributed by atoms with Gasteiger partial charge in [0.1, 0.15) is 5.75 Å². The van der Waals surface area contributed by atoms with Crippen LogP contribution in [-0.2, 0) is 22.7 Å². The second-order valence-corrected chi connectivity index (χ2v) is 6.51. The van der Waals surface area contributed by atoms with E-state index in [-0.39, 0.29) is 19.1 Å². The first kappa shape index (κ1) is 21.0. The van der Waals surface area contributed by atoms with Crippen molar-refractivity contribution in [2.24, 2.45) is 0 Å². The molecule has 156 valence electrons. The Labute approximate surface area is 174 Å². The molecule has 0 unspecified atom stereocenters. The standard InChI is InChI=1S/C22H23N3O5/c1-3-25(13-17-7-5-4-6-8-17)21(26)15-29-22(27)18-9-11-19(12-10-18)28-14-20-23-16(2)30-24-20/h4-12H,3,13-15H2,1-2H3. The molecule has 0 atom stereocenters. The predicted molar refractivity (Wildman–Crippen MR) is 108 cm³/mol. The molecule has 3 rings (SSSR count). The van der Waals surface area contributed by atoms with Crippen molar-refractivity contribution >= 4 is 11.9 Å². The molecule has 0 aliphatic heterocycles. The lowest BCUT2D eigenvalue weighted by atomic mass is 10.2. The van der Waals surface area contributed by atoms with Gasteiger partial charge in [-0.1, -0.05) is 35.5 Å². The summed E-state index contributed by atoms with van der Waals surface area (Å²) in [7, 11) is 0. The Bertz CT molecular complexity index is 970. The number of ether oxygens (including phenoxy) is 2. The molecule has 0 aliphatic rings. The molecule has 0 aliphatic carbocycles. The number of aryl methyl sites for hydroxylation is 1. The smallest absolute Gasteiger partial charge is 0.338 e. The maximum absolute atomic E-state index is 12.4. The van der Waals surface area contributed by atoms with Gasteiger partial charge in [0.05, 0.1) is 5.56 Å². The summed E-state index contributed by atoms with van der Waals surface area (Å²) in [6, 6.07) is 16.1. The highest BCUT2D eigenvalue weighted by Crippen LogP contribution is 2.14. The summed E-state index contributed by atoms with van der Waals surface area (Å²) in [5.41, 5.74) is 1.35. The highest BCUT2D eigenvalue weighted by atomic mass is 16.5. The van der Waals surface area contributed by atoms with Crippen molar-refractivity contribution in [3.05, 3.63) is 77.4 Å². The van der Waals surface area contributed by atoms with E-state index in [2.05, 4.69) is 10.1 Å². The molecule has 8 nitrogen and oxygen atoms in total. The van der Waals surface area contributed by atoms with Crippen LogP contribution in [0.15, 0.2) is 59.1 Å². The fourth-order valence-electron chi connectivity index (χ4n) is 2.72. The third-order valence-corrected chi connectivity index (χ3v) is 4.31. The number of hydrogen-bond donors (Lipinski definition) is 0. The van der Waals surface area contributed by atoms with Crippen LogP contribution >= 0.6 is 0 Å². The van der Waals surface area contributed by atoms with Crippen LogP contribution in [-0.4, -0.2) is 40.1 Å². The van der Waals surface area contributed by atoms with Crippen molar-refractivity contribution in [3.63, 3.8) is 0 Å². The number of carbonyl (C=O) groups excluding carboxylic acids is 2. The summed E-state index contributed by atoms with van der Waals surface area (Å²) in [4.78, 5) is 30.3. The average Bonchev–Trinajstić information content (AvgIpc) is 3.20. The van der Waals surface area contributed by atoms with E-state index in [4.69, 9.17) is 14.0 Å². The molecule has 0 spiro atoms. The third-order valence-electron chi connectivity index (χ3n) is 4.31. The Morgan fingerprint density at radius 1 is 1.07 bits per heavy atom. The highest BCUT2D eigenvalue weighted by Gasteiger charge is 2.16. The molecule has 2 aromatic carbocycles.